The van der Waals surface area contributed by atoms with Crippen molar-refractivity contribution in [3.63, 3.8) is 0 Å². The topological polar surface area (TPSA) is 43.4 Å². The zero-order valence-electron chi connectivity index (χ0n) is 15.3. The Morgan fingerprint density at radius 1 is 0.913 bits per heavy atom. The number of benzene rings is 1. The molecule has 1 aromatic carbocycles. The predicted octanol–water partition coefficient (Wildman–Crippen LogP) is 5.42. The van der Waals surface area contributed by atoms with Crippen molar-refractivity contribution >= 4 is 16.9 Å². The van der Waals surface area contributed by atoms with Crippen LogP contribution >= 0.6 is 6.83 Å². The van der Waals surface area contributed by atoms with Gasteiger partial charge < -0.3 is 0 Å². The summed E-state index contributed by atoms with van der Waals surface area (Å²) in [6.07, 6.45) is 6.70. The van der Waals surface area contributed by atoms with Crippen LogP contribution in [0.1, 0.15) is 52.5 Å². The maximum atomic E-state index is 12.9. The molecular formula is C18H33O3PS. The van der Waals surface area contributed by atoms with Crippen LogP contribution in [0.5, 0.6) is 0 Å². The maximum absolute atomic E-state index is 12.9. The van der Waals surface area contributed by atoms with E-state index in [1.807, 2.05) is 19.1 Å². The van der Waals surface area contributed by atoms with Gasteiger partial charge in [-0.1, -0.05) is 0 Å². The van der Waals surface area contributed by atoms with E-state index in [-0.39, 0.29) is 4.90 Å². The molecule has 0 unspecified atom stereocenters. The molecule has 0 atom stereocenters. The number of hydrogen-bond donors (Lipinski definition) is 0. The first kappa shape index (κ1) is 20.6. The van der Waals surface area contributed by atoms with Gasteiger partial charge in [-0.25, -0.2) is 0 Å². The third kappa shape index (κ3) is 4.78. The molecule has 1 rings (SSSR count). The van der Waals surface area contributed by atoms with E-state index in [0.29, 0.717) is 0 Å². The quantitative estimate of drug-likeness (QED) is 0.413. The number of hydrogen-bond acceptors (Lipinski definition) is 3. The van der Waals surface area contributed by atoms with Gasteiger partial charge in [-0.3, -0.25) is 0 Å². The molecule has 0 aromatic heterocycles. The van der Waals surface area contributed by atoms with Crippen molar-refractivity contribution in [3.8, 4) is 0 Å². The van der Waals surface area contributed by atoms with E-state index in [0.717, 1.165) is 49.5 Å². The first-order valence-electron chi connectivity index (χ1n) is 8.80. The van der Waals surface area contributed by atoms with Gasteiger partial charge in [-0.05, 0) is 0 Å². The fourth-order valence-corrected chi connectivity index (χ4v) is 11.0. The Hall–Kier alpha value is -0.440. The summed E-state index contributed by atoms with van der Waals surface area (Å²) < 4.78 is 31.9. The second-order valence-electron chi connectivity index (χ2n) is 6.58. The Morgan fingerprint density at radius 2 is 1.43 bits per heavy atom. The summed E-state index contributed by atoms with van der Waals surface area (Å²) in [5.41, 5.74) is 1.05. The van der Waals surface area contributed by atoms with E-state index in [1.54, 1.807) is 12.1 Å². The summed E-state index contributed by atoms with van der Waals surface area (Å²) in [6, 6.07) is 6.96. The van der Waals surface area contributed by atoms with Gasteiger partial charge >= 0.3 is 143 Å². The molecule has 0 N–H and O–H groups in total. The van der Waals surface area contributed by atoms with Crippen LogP contribution in [-0.2, 0) is 14.1 Å². The fraction of sp³-hybridized carbons (Fsp3) is 0.667. The molecule has 0 heterocycles. The molecule has 1 aromatic rings. The molecular weight excluding hydrogens is 327 g/mol. The Balaban J connectivity index is 3.20. The number of unbranched alkanes of at least 4 members (excludes halogenated alkanes) is 2. The van der Waals surface area contributed by atoms with Gasteiger partial charge in [0, 0.05) is 0 Å². The molecule has 0 spiro atoms. The minimum absolute atomic E-state index is 0.281. The second kappa shape index (κ2) is 8.09. The van der Waals surface area contributed by atoms with E-state index in [1.165, 1.54) is 0 Å². The van der Waals surface area contributed by atoms with Crippen molar-refractivity contribution in [1.82, 2.24) is 0 Å². The van der Waals surface area contributed by atoms with Gasteiger partial charge in [0.25, 0.3) is 0 Å². The van der Waals surface area contributed by atoms with Crippen LogP contribution in [0.4, 0.5) is 0 Å². The Kier molecular flexibility index (Phi) is 7.25. The molecule has 0 radical (unpaired) electrons. The van der Waals surface area contributed by atoms with E-state index in [2.05, 4.69) is 27.7 Å². The standard InChI is InChI=1S/C18H33O3PS/c1-6-10-11-16-22(7-2,8-3,9-4)21-23(19,20)18-14-12-17(5)13-15-18/h12-15H,6-11,16H2,1-5H3. The SMILES string of the molecule is CCCCCP(CC)(CC)(CC)OS(=O)(=O)c1ccc(C)cc1. The summed E-state index contributed by atoms with van der Waals surface area (Å²) >= 11 is 0. The van der Waals surface area contributed by atoms with Crippen molar-refractivity contribution < 1.29 is 12.4 Å². The molecule has 134 valence electrons. The molecule has 0 saturated heterocycles. The van der Waals surface area contributed by atoms with Gasteiger partial charge in [0.15, 0.2) is 0 Å². The van der Waals surface area contributed by atoms with Crippen LogP contribution in [0.15, 0.2) is 29.2 Å². The Bertz CT molecular complexity index is 578. The predicted molar refractivity (Wildman–Crippen MR) is 102 cm³/mol. The van der Waals surface area contributed by atoms with E-state index in [4.69, 9.17) is 3.97 Å². The molecule has 3 nitrogen and oxygen atoms in total. The summed E-state index contributed by atoms with van der Waals surface area (Å²) in [5.74, 6) is 0. The van der Waals surface area contributed by atoms with Crippen molar-refractivity contribution in [3.05, 3.63) is 29.8 Å². The van der Waals surface area contributed by atoms with E-state index in [9.17, 15) is 8.42 Å². The van der Waals surface area contributed by atoms with Gasteiger partial charge in [-0.2, -0.15) is 0 Å². The average molecular weight is 361 g/mol. The Labute approximate surface area is 143 Å². The molecule has 5 heteroatoms. The zero-order valence-corrected chi connectivity index (χ0v) is 17.1. The van der Waals surface area contributed by atoms with Gasteiger partial charge in [0.2, 0.25) is 0 Å². The van der Waals surface area contributed by atoms with Crippen LogP contribution in [0, 0.1) is 6.92 Å². The molecule has 0 fully saturated rings. The molecule has 0 bridgehead atoms. The van der Waals surface area contributed by atoms with Crippen LogP contribution in [0.3, 0.4) is 0 Å². The monoisotopic (exact) mass is 360 g/mol. The second-order valence-corrected chi connectivity index (χ2v) is 14.6. The third-order valence-electron chi connectivity index (χ3n) is 5.35. The third-order valence-corrected chi connectivity index (χ3v) is 14.9. The first-order chi connectivity index (χ1) is 10.8. The molecule has 0 aliphatic carbocycles. The number of rotatable bonds is 10. The molecule has 0 aliphatic rings. The normalized spacial score (nSPS) is 14.4. The average Bonchev–Trinajstić information content (AvgIpc) is 2.55. The molecule has 0 saturated carbocycles. The molecule has 0 aliphatic heterocycles. The molecule has 23 heavy (non-hydrogen) atoms. The zero-order chi connectivity index (χ0) is 17.6. The van der Waals surface area contributed by atoms with Crippen LogP contribution in [0.2, 0.25) is 0 Å². The van der Waals surface area contributed by atoms with Crippen LogP contribution in [-0.4, -0.2) is 33.1 Å². The van der Waals surface area contributed by atoms with Crippen molar-refractivity contribution in [2.45, 2.75) is 58.8 Å². The first-order valence-corrected chi connectivity index (χ1v) is 13.1. The van der Waals surface area contributed by atoms with Crippen molar-refractivity contribution in [2.24, 2.45) is 0 Å². The van der Waals surface area contributed by atoms with Gasteiger partial charge in [-0.15, -0.1) is 0 Å². The summed E-state index contributed by atoms with van der Waals surface area (Å²) in [7, 11) is -3.71. The van der Waals surface area contributed by atoms with E-state index >= 15 is 0 Å². The minimum atomic E-state index is -3.71. The summed E-state index contributed by atoms with van der Waals surface area (Å²) in [5, 5.41) is 0. The van der Waals surface area contributed by atoms with Crippen molar-refractivity contribution in [2.75, 3.05) is 24.6 Å². The van der Waals surface area contributed by atoms with E-state index < -0.39 is 16.9 Å². The summed E-state index contributed by atoms with van der Waals surface area (Å²) in [6.45, 7) is 7.70. The van der Waals surface area contributed by atoms with Crippen LogP contribution in [0.25, 0.3) is 0 Å². The fourth-order valence-electron chi connectivity index (χ4n) is 3.13. The summed E-state index contributed by atoms with van der Waals surface area (Å²) in [4.78, 5) is 0.281. The van der Waals surface area contributed by atoms with Crippen LogP contribution < -0.4 is 0 Å². The Morgan fingerprint density at radius 3 is 1.87 bits per heavy atom. The van der Waals surface area contributed by atoms with Gasteiger partial charge in [0.1, 0.15) is 0 Å². The number of aryl methyl sites for hydroxylation is 1. The molecule has 0 amide bonds. The van der Waals surface area contributed by atoms with Gasteiger partial charge in [0.05, 0.1) is 0 Å². The van der Waals surface area contributed by atoms with Crippen molar-refractivity contribution in [1.29, 1.82) is 0 Å².